The van der Waals surface area contributed by atoms with Crippen LogP contribution in [-0.4, -0.2) is 37.6 Å². The Balaban J connectivity index is 3.02. The summed E-state index contributed by atoms with van der Waals surface area (Å²) in [5.74, 6) is 0. The van der Waals surface area contributed by atoms with E-state index in [1.807, 2.05) is 6.92 Å². The van der Waals surface area contributed by atoms with Crippen LogP contribution in [0, 0.1) is 0 Å². The van der Waals surface area contributed by atoms with Crippen molar-refractivity contribution in [3.63, 3.8) is 0 Å². The molecule has 0 aromatic rings. The van der Waals surface area contributed by atoms with Crippen LogP contribution in [0.25, 0.3) is 0 Å². The van der Waals surface area contributed by atoms with Gasteiger partial charge in [-0.05, 0) is 13.3 Å². The molecule has 1 atom stereocenters. The zero-order valence-corrected chi connectivity index (χ0v) is 10.9. The molecule has 0 spiro atoms. The van der Waals surface area contributed by atoms with E-state index in [9.17, 15) is 0 Å². The lowest BCUT2D eigenvalue weighted by Gasteiger charge is -2.12. The van der Waals surface area contributed by atoms with Crippen molar-refractivity contribution in [2.45, 2.75) is 58.5 Å². The molecule has 16 heavy (non-hydrogen) atoms. The van der Waals surface area contributed by atoms with Gasteiger partial charge in [-0.25, -0.2) is 0 Å². The van der Waals surface area contributed by atoms with Crippen LogP contribution in [0.4, 0.5) is 0 Å². The molecule has 98 valence electrons. The maximum Gasteiger partial charge on any atom is 0.0781 e. The third kappa shape index (κ3) is 12.0. The van der Waals surface area contributed by atoms with Crippen LogP contribution in [0.5, 0.6) is 0 Å². The van der Waals surface area contributed by atoms with Crippen molar-refractivity contribution in [1.82, 2.24) is 0 Å². The van der Waals surface area contributed by atoms with Crippen molar-refractivity contribution in [3.05, 3.63) is 0 Å². The van der Waals surface area contributed by atoms with Gasteiger partial charge in [0.2, 0.25) is 0 Å². The van der Waals surface area contributed by atoms with E-state index >= 15 is 0 Å². The number of hydrogen-bond acceptors (Lipinski definition) is 3. The molecule has 0 heterocycles. The molecule has 0 radical (unpaired) electrons. The van der Waals surface area contributed by atoms with Crippen LogP contribution in [0.3, 0.4) is 0 Å². The molecule has 3 heteroatoms. The number of rotatable bonds is 12. The Morgan fingerprint density at radius 2 is 1.69 bits per heavy atom. The number of aliphatic hydroxyl groups excluding tert-OH is 1. The van der Waals surface area contributed by atoms with Gasteiger partial charge in [-0.15, -0.1) is 0 Å². The molecule has 3 nitrogen and oxygen atoms in total. The van der Waals surface area contributed by atoms with Crippen molar-refractivity contribution in [1.29, 1.82) is 0 Å². The smallest absolute Gasteiger partial charge is 0.0781 e. The molecular formula is C13H28O3. The van der Waals surface area contributed by atoms with Crippen LogP contribution in [0.15, 0.2) is 0 Å². The highest BCUT2D eigenvalue weighted by Gasteiger charge is 2.00. The Bertz CT molecular complexity index is 128. The van der Waals surface area contributed by atoms with Gasteiger partial charge < -0.3 is 14.6 Å². The van der Waals surface area contributed by atoms with Gasteiger partial charge in [0.1, 0.15) is 0 Å². The van der Waals surface area contributed by atoms with Crippen LogP contribution < -0.4 is 0 Å². The molecule has 0 amide bonds. The zero-order valence-electron chi connectivity index (χ0n) is 10.9. The molecule has 0 fully saturated rings. The standard InChI is InChI=1S/C13H28O3/c1-3-4-5-6-7-8-10-15-12-13(2)16-11-9-14/h13-14H,3-12H2,1-2H3. The van der Waals surface area contributed by atoms with Crippen LogP contribution >= 0.6 is 0 Å². The first kappa shape index (κ1) is 15.9. The Kier molecular flexibility index (Phi) is 12.9. The van der Waals surface area contributed by atoms with Crippen molar-refractivity contribution < 1.29 is 14.6 Å². The van der Waals surface area contributed by atoms with Gasteiger partial charge in [0.05, 0.1) is 25.9 Å². The molecule has 0 aliphatic carbocycles. The summed E-state index contributed by atoms with van der Waals surface area (Å²) in [6, 6.07) is 0. The molecule has 0 rings (SSSR count). The van der Waals surface area contributed by atoms with E-state index in [0.29, 0.717) is 13.2 Å². The lowest BCUT2D eigenvalue weighted by molar-refractivity contribution is -0.0189. The summed E-state index contributed by atoms with van der Waals surface area (Å²) in [6.07, 6.45) is 7.85. The average Bonchev–Trinajstić information content (AvgIpc) is 2.30. The third-order valence-electron chi connectivity index (χ3n) is 2.49. The van der Waals surface area contributed by atoms with E-state index in [4.69, 9.17) is 14.6 Å². The van der Waals surface area contributed by atoms with Gasteiger partial charge in [0.15, 0.2) is 0 Å². The van der Waals surface area contributed by atoms with E-state index in [-0.39, 0.29) is 12.7 Å². The minimum Gasteiger partial charge on any atom is -0.394 e. The van der Waals surface area contributed by atoms with Gasteiger partial charge >= 0.3 is 0 Å². The Morgan fingerprint density at radius 3 is 2.38 bits per heavy atom. The lowest BCUT2D eigenvalue weighted by Crippen LogP contribution is -2.18. The summed E-state index contributed by atoms with van der Waals surface area (Å²) in [4.78, 5) is 0. The molecule has 1 N–H and O–H groups in total. The first-order valence-corrected chi connectivity index (χ1v) is 6.61. The normalized spacial score (nSPS) is 12.9. The minimum atomic E-state index is 0.0851. The third-order valence-corrected chi connectivity index (χ3v) is 2.49. The lowest BCUT2D eigenvalue weighted by atomic mass is 10.1. The highest BCUT2D eigenvalue weighted by molar-refractivity contribution is 4.48. The summed E-state index contributed by atoms with van der Waals surface area (Å²) in [5.41, 5.74) is 0. The average molecular weight is 232 g/mol. The van der Waals surface area contributed by atoms with Crippen molar-refractivity contribution >= 4 is 0 Å². The van der Waals surface area contributed by atoms with Crippen molar-refractivity contribution in [3.8, 4) is 0 Å². The van der Waals surface area contributed by atoms with Crippen LogP contribution in [0.1, 0.15) is 52.4 Å². The van der Waals surface area contributed by atoms with Gasteiger partial charge in [0, 0.05) is 6.61 Å². The number of hydrogen-bond donors (Lipinski definition) is 1. The molecule has 0 aromatic carbocycles. The molecule has 0 saturated heterocycles. The molecule has 0 aliphatic rings. The topological polar surface area (TPSA) is 38.7 Å². The second kappa shape index (κ2) is 12.9. The van der Waals surface area contributed by atoms with Crippen LogP contribution in [-0.2, 0) is 9.47 Å². The SMILES string of the molecule is CCCCCCCCOCC(C)OCCO. The maximum absolute atomic E-state index is 8.56. The minimum absolute atomic E-state index is 0.0851. The fraction of sp³-hybridized carbons (Fsp3) is 1.00. The summed E-state index contributed by atoms with van der Waals surface area (Å²) in [6.45, 7) is 6.16. The maximum atomic E-state index is 8.56. The van der Waals surface area contributed by atoms with Crippen molar-refractivity contribution in [2.24, 2.45) is 0 Å². The number of aliphatic hydroxyl groups is 1. The molecule has 0 aromatic heterocycles. The fourth-order valence-corrected chi connectivity index (χ4v) is 1.54. The molecule has 0 bridgehead atoms. The highest BCUT2D eigenvalue weighted by atomic mass is 16.5. The number of unbranched alkanes of at least 4 members (excludes halogenated alkanes) is 5. The fourth-order valence-electron chi connectivity index (χ4n) is 1.54. The van der Waals surface area contributed by atoms with E-state index in [1.165, 1.54) is 32.1 Å². The van der Waals surface area contributed by atoms with Gasteiger partial charge in [-0.1, -0.05) is 39.0 Å². The number of ether oxygens (including phenoxy) is 2. The van der Waals surface area contributed by atoms with Crippen LogP contribution in [0.2, 0.25) is 0 Å². The summed E-state index contributed by atoms with van der Waals surface area (Å²) in [7, 11) is 0. The monoisotopic (exact) mass is 232 g/mol. The Morgan fingerprint density at radius 1 is 1.00 bits per heavy atom. The molecule has 0 saturated carbocycles. The van der Waals surface area contributed by atoms with Crippen molar-refractivity contribution in [2.75, 3.05) is 26.4 Å². The second-order valence-electron chi connectivity index (χ2n) is 4.25. The first-order valence-electron chi connectivity index (χ1n) is 6.61. The van der Waals surface area contributed by atoms with Gasteiger partial charge in [0.25, 0.3) is 0 Å². The predicted octanol–water partition coefficient (Wildman–Crippen LogP) is 2.76. The van der Waals surface area contributed by atoms with E-state index in [0.717, 1.165) is 13.0 Å². The van der Waals surface area contributed by atoms with E-state index in [1.54, 1.807) is 0 Å². The summed E-state index contributed by atoms with van der Waals surface area (Å²) >= 11 is 0. The van der Waals surface area contributed by atoms with E-state index in [2.05, 4.69) is 6.92 Å². The van der Waals surface area contributed by atoms with Gasteiger partial charge in [-0.3, -0.25) is 0 Å². The van der Waals surface area contributed by atoms with E-state index < -0.39 is 0 Å². The molecule has 1 unspecified atom stereocenters. The Hall–Kier alpha value is -0.120. The first-order chi connectivity index (χ1) is 7.81. The summed E-state index contributed by atoms with van der Waals surface area (Å²) < 4.78 is 10.8. The Labute approximate surface area is 100 Å². The quantitative estimate of drug-likeness (QED) is 0.526. The second-order valence-corrected chi connectivity index (χ2v) is 4.25. The summed E-state index contributed by atoms with van der Waals surface area (Å²) in [5, 5.41) is 8.56. The molecular weight excluding hydrogens is 204 g/mol. The molecule has 0 aliphatic heterocycles. The zero-order chi connectivity index (χ0) is 12.1. The predicted molar refractivity (Wildman–Crippen MR) is 66.7 cm³/mol. The largest absolute Gasteiger partial charge is 0.394 e. The van der Waals surface area contributed by atoms with Gasteiger partial charge in [-0.2, -0.15) is 0 Å². The highest BCUT2D eigenvalue weighted by Crippen LogP contribution is 2.05.